The van der Waals surface area contributed by atoms with E-state index in [4.69, 9.17) is 4.74 Å². The second-order valence-electron chi connectivity index (χ2n) is 4.01. The second-order valence-corrected chi connectivity index (χ2v) is 7.17. The van der Waals surface area contributed by atoms with Gasteiger partial charge in [-0.25, -0.2) is 0 Å². The summed E-state index contributed by atoms with van der Waals surface area (Å²) in [4.78, 5) is 15.4. The summed E-state index contributed by atoms with van der Waals surface area (Å²) in [6.45, 7) is 0. The third-order valence-corrected chi connectivity index (χ3v) is 6.04. The Bertz CT molecular complexity index is 559. The van der Waals surface area contributed by atoms with Crippen molar-refractivity contribution < 1.29 is 9.53 Å². The molecule has 0 bridgehead atoms. The number of ketones is 1. The summed E-state index contributed by atoms with van der Waals surface area (Å²) in [5, 5.41) is 1.90. The number of carbonyl (C=O) groups excluding carboxylic acids is 1. The molecule has 0 amide bonds. The molecule has 0 atom stereocenters. The maximum atomic E-state index is 12.4. The Morgan fingerprint density at radius 3 is 3.11 bits per heavy atom. The van der Waals surface area contributed by atoms with Crippen molar-refractivity contribution in [2.75, 3.05) is 12.9 Å². The van der Waals surface area contributed by atoms with Crippen LogP contribution in [-0.4, -0.2) is 18.6 Å². The first-order chi connectivity index (χ1) is 8.79. The smallest absolute Gasteiger partial charge is 0.216 e. The molecule has 0 saturated heterocycles. The number of fused-ring (bicyclic) bond motifs is 1. The first kappa shape index (κ1) is 12.3. The van der Waals surface area contributed by atoms with Gasteiger partial charge in [-0.1, -0.05) is 0 Å². The Morgan fingerprint density at radius 1 is 1.44 bits per heavy atom. The van der Waals surface area contributed by atoms with Crippen LogP contribution in [0.2, 0.25) is 0 Å². The Hall–Kier alpha value is -0.780. The number of ether oxygens (including phenoxy) is 1. The quantitative estimate of drug-likeness (QED) is 0.805. The molecule has 0 N–H and O–H groups in total. The van der Waals surface area contributed by atoms with E-state index in [9.17, 15) is 4.79 Å². The maximum Gasteiger partial charge on any atom is 0.216 e. The van der Waals surface area contributed by atoms with E-state index in [1.807, 2.05) is 23.2 Å². The number of rotatable bonds is 3. The van der Waals surface area contributed by atoms with Crippen LogP contribution in [-0.2, 0) is 12.2 Å². The first-order valence-corrected chi connectivity index (χ1v) is 8.50. The highest BCUT2D eigenvalue weighted by Crippen LogP contribution is 2.35. The lowest BCUT2D eigenvalue weighted by Crippen LogP contribution is -1.98. The van der Waals surface area contributed by atoms with Crippen LogP contribution in [0.1, 0.15) is 25.0 Å². The van der Waals surface area contributed by atoms with E-state index < -0.39 is 0 Å². The second kappa shape index (κ2) is 5.07. The highest BCUT2D eigenvalue weighted by atomic mass is 32.2. The van der Waals surface area contributed by atoms with E-state index in [1.165, 1.54) is 27.5 Å². The summed E-state index contributed by atoms with van der Waals surface area (Å²) < 4.78 is 5.22. The summed E-state index contributed by atoms with van der Waals surface area (Å²) in [6.07, 6.45) is 1.10. The molecule has 0 fully saturated rings. The van der Waals surface area contributed by atoms with Gasteiger partial charge in [0.2, 0.25) is 5.78 Å². The molecule has 0 aliphatic carbocycles. The maximum absolute atomic E-state index is 12.4. The summed E-state index contributed by atoms with van der Waals surface area (Å²) in [5.74, 6) is 3.00. The van der Waals surface area contributed by atoms with Crippen molar-refractivity contribution in [2.45, 2.75) is 12.2 Å². The normalized spacial score (nSPS) is 14.3. The average Bonchev–Trinajstić information content (AvgIpc) is 3.03. The van der Waals surface area contributed by atoms with Crippen LogP contribution >= 0.6 is 34.4 Å². The molecule has 2 aromatic rings. The zero-order valence-electron chi connectivity index (χ0n) is 9.89. The van der Waals surface area contributed by atoms with E-state index >= 15 is 0 Å². The standard InChI is InChI=1S/C13H12O2S3/c1-15-9-2-5-17-13(9)12(14)11-6-8-7-16-4-3-10(8)18-11/h2,5-6H,3-4,7H2,1H3. The summed E-state index contributed by atoms with van der Waals surface area (Å²) >= 11 is 5.04. The molecule has 0 spiro atoms. The van der Waals surface area contributed by atoms with E-state index in [2.05, 4.69) is 6.07 Å². The SMILES string of the molecule is COc1ccsc1C(=O)c1cc2c(s1)CCSC2. The van der Waals surface area contributed by atoms with E-state index in [0.29, 0.717) is 10.6 Å². The molecular weight excluding hydrogens is 284 g/mol. The van der Waals surface area contributed by atoms with Gasteiger partial charge in [0.05, 0.1) is 12.0 Å². The topological polar surface area (TPSA) is 26.3 Å². The molecule has 1 aliphatic rings. The first-order valence-electron chi connectivity index (χ1n) is 5.65. The van der Waals surface area contributed by atoms with E-state index in [0.717, 1.165) is 17.1 Å². The predicted octanol–water partition coefficient (Wildman–Crippen LogP) is 3.84. The van der Waals surface area contributed by atoms with Crippen molar-refractivity contribution in [3.8, 4) is 5.75 Å². The van der Waals surface area contributed by atoms with Crippen LogP contribution in [0, 0.1) is 0 Å². The largest absolute Gasteiger partial charge is 0.495 e. The van der Waals surface area contributed by atoms with Crippen molar-refractivity contribution in [3.63, 3.8) is 0 Å². The van der Waals surface area contributed by atoms with Gasteiger partial charge in [-0.15, -0.1) is 22.7 Å². The van der Waals surface area contributed by atoms with Gasteiger partial charge in [-0.3, -0.25) is 4.79 Å². The predicted molar refractivity (Wildman–Crippen MR) is 78.5 cm³/mol. The van der Waals surface area contributed by atoms with Gasteiger partial charge in [0.25, 0.3) is 0 Å². The molecule has 0 unspecified atom stereocenters. The number of carbonyl (C=O) groups is 1. The van der Waals surface area contributed by atoms with Crippen LogP contribution in [0.4, 0.5) is 0 Å². The Morgan fingerprint density at radius 2 is 2.33 bits per heavy atom. The fourth-order valence-electron chi connectivity index (χ4n) is 1.99. The fourth-order valence-corrected chi connectivity index (χ4v) is 5.19. The van der Waals surface area contributed by atoms with Crippen LogP contribution in [0.5, 0.6) is 5.75 Å². The molecule has 0 saturated carbocycles. The molecule has 2 aromatic heterocycles. The van der Waals surface area contributed by atoms with Gasteiger partial charge in [-0.2, -0.15) is 11.8 Å². The van der Waals surface area contributed by atoms with Crippen molar-refractivity contribution in [1.29, 1.82) is 0 Å². The molecule has 2 nitrogen and oxygen atoms in total. The Labute approximate surface area is 118 Å². The van der Waals surface area contributed by atoms with Crippen molar-refractivity contribution in [2.24, 2.45) is 0 Å². The van der Waals surface area contributed by atoms with Gasteiger partial charge in [-0.05, 0) is 35.2 Å². The summed E-state index contributed by atoms with van der Waals surface area (Å²) in [6, 6.07) is 3.91. The number of thioether (sulfide) groups is 1. The minimum absolute atomic E-state index is 0.103. The van der Waals surface area contributed by atoms with E-state index in [-0.39, 0.29) is 5.78 Å². The van der Waals surface area contributed by atoms with Gasteiger partial charge in [0, 0.05) is 10.6 Å². The van der Waals surface area contributed by atoms with Crippen LogP contribution in [0.3, 0.4) is 0 Å². The van der Waals surface area contributed by atoms with Crippen LogP contribution in [0.15, 0.2) is 17.5 Å². The molecule has 18 heavy (non-hydrogen) atoms. The molecule has 0 radical (unpaired) electrons. The summed E-state index contributed by atoms with van der Waals surface area (Å²) in [7, 11) is 1.61. The number of aryl methyl sites for hydroxylation is 1. The molecular formula is C13H12O2S3. The summed E-state index contributed by atoms with van der Waals surface area (Å²) in [5.41, 5.74) is 1.34. The van der Waals surface area contributed by atoms with Crippen molar-refractivity contribution in [3.05, 3.63) is 37.7 Å². The minimum Gasteiger partial charge on any atom is -0.495 e. The van der Waals surface area contributed by atoms with Crippen LogP contribution < -0.4 is 4.74 Å². The van der Waals surface area contributed by atoms with Crippen molar-refractivity contribution in [1.82, 2.24) is 0 Å². The van der Waals surface area contributed by atoms with E-state index in [1.54, 1.807) is 18.4 Å². The zero-order chi connectivity index (χ0) is 12.5. The molecule has 0 aromatic carbocycles. The number of hydrogen-bond donors (Lipinski definition) is 0. The van der Waals surface area contributed by atoms with Gasteiger partial charge in [0.15, 0.2) is 0 Å². The van der Waals surface area contributed by atoms with Gasteiger partial charge >= 0.3 is 0 Å². The third kappa shape index (κ3) is 2.11. The third-order valence-electron chi connectivity index (χ3n) is 2.91. The highest BCUT2D eigenvalue weighted by molar-refractivity contribution is 7.98. The van der Waals surface area contributed by atoms with Gasteiger partial charge in [0.1, 0.15) is 10.6 Å². The van der Waals surface area contributed by atoms with Gasteiger partial charge < -0.3 is 4.74 Å². The monoisotopic (exact) mass is 296 g/mol. The zero-order valence-corrected chi connectivity index (χ0v) is 12.3. The number of hydrogen-bond acceptors (Lipinski definition) is 5. The molecule has 5 heteroatoms. The lowest BCUT2D eigenvalue weighted by Gasteiger charge is -2.08. The number of thiophene rings is 2. The fraction of sp³-hybridized carbons (Fsp3) is 0.308. The molecule has 1 aliphatic heterocycles. The molecule has 94 valence electrons. The Balaban J connectivity index is 1.95. The average molecular weight is 296 g/mol. The molecule has 3 heterocycles. The lowest BCUT2D eigenvalue weighted by molar-refractivity contribution is 0.104. The van der Waals surface area contributed by atoms with Crippen LogP contribution in [0.25, 0.3) is 0 Å². The Kier molecular flexibility index (Phi) is 3.46. The lowest BCUT2D eigenvalue weighted by atomic mass is 10.2. The number of methoxy groups -OCH3 is 1. The minimum atomic E-state index is 0.103. The highest BCUT2D eigenvalue weighted by Gasteiger charge is 2.21. The van der Waals surface area contributed by atoms with Crippen molar-refractivity contribution >= 4 is 40.2 Å². The molecule has 3 rings (SSSR count).